The van der Waals surface area contributed by atoms with E-state index in [1.165, 1.54) is 16.8 Å². The zero-order chi connectivity index (χ0) is 15.5. The van der Waals surface area contributed by atoms with Crippen LogP contribution in [0.2, 0.25) is 0 Å². The molecule has 0 spiro atoms. The summed E-state index contributed by atoms with van der Waals surface area (Å²) in [7, 11) is 0. The summed E-state index contributed by atoms with van der Waals surface area (Å²) in [4.78, 5) is 12.8. The van der Waals surface area contributed by atoms with Crippen LogP contribution in [0.3, 0.4) is 0 Å². The van der Waals surface area contributed by atoms with Gasteiger partial charge < -0.3 is 20.3 Å². The van der Waals surface area contributed by atoms with Crippen molar-refractivity contribution in [1.82, 2.24) is 9.47 Å². The monoisotopic (exact) mass is 293 g/mol. The number of hydrogen-bond acceptors (Lipinski definition) is 3. The minimum absolute atomic E-state index is 0.0789. The fourth-order valence-corrected chi connectivity index (χ4v) is 1.85. The van der Waals surface area contributed by atoms with Gasteiger partial charge in [0.2, 0.25) is 0 Å². The summed E-state index contributed by atoms with van der Waals surface area (Å²) in [5.41, 5.74) is 5.98. The highest BCUT2D eigenvalue weighted by Gasteiger charge is 2.34. The molecule has 0 fully saturated rings. The molecule has 0 unspecified atom stereocenters. The molecule has 0 saturated carbocycles. The maximum absolute atomic E-state index is 12.5. The molecule has 8 heteroatoms. The lowest BCUT2D eigenvalue weighted by Gasteiger charge is -2.24. The molecule has 0 aliphatic carbocycles. The number of hydrogen-bond donors (Lipinski definition) is 2. The van der Waals surface area contributed by atoms with Crippen molar-refractivity contribution in [2.24, 2.45) is 0 Å². The Morgan fingerprint density at radius 3 is 2.55 bits per heavy atom. The van der Waals surface area contributed by atoms with Gasteiger partial charge in [0.25, 0.3) is 5.91 Å². The van der Waals surface area contributed by atoms with Crippen LogP contribution in [0.5, 0.6) is 0 Å². The maximum atomic E-state index is 12.5. The molecule has 1 rings (SSSR count). The Morgan fingerprint density at radius 2 is 2.10 bits per heavy atom. The number of nitrogens with two attached hydrogens (primary N) is 1. The Balaban J connectivity index is 3.06. The van der Waals surface area contributed by atoms with Crippen LogP contribution in [0.15, 0.2) is 12.3 Å². The number of amides is 1. The number of halogens is 3. The van der Waals surface area contributed by atoms with Crippen LogP contribution in [0.25, 0.3) is 0 Å². The number of nitrogens with zero attached hydrogens (tertiary/aromatic N) is 2. The van der Waals surface area contributed by atoms with E-state index in [4.69, 9.17) is 10.8 Å². The molecule has 5 nitrogen and oxygen atoms in total. The highest BCUT2D eigenvalue weighted by Crippen LogP contribution is 2.21. The third kappa shape index (κ3) is 4.16. The van der Waals surface area contributed by atoms with Gasteiger partial charge in [-0.1, -0.05) is 0 Å². The van der Waals surface area contributed by atoms with Crippen molar-refractivity contribution in [2.45, 2.75) is 26.1 Å². The molecule has 0 bridgehead atoms. The third-order valence-corrected chi connectivity index (χ3v) is 2.67. The molecule has 0 aliphatic heterocycles. The smallest absolute Gasteiger partial charge is 0.397 e. The van der Waals surface area contributed by atoms with E-state index in [0.29, 0.717) is 10.6 Å². The van der Waals surface area contributed by atoms with E-state index in [1.807, 2.05) is 0 Å². The van der Waals surface area contributed by atoms with Gasteiger partial charge in [-0.05, 0) is 19.9 Å². The second kappa shape index (κ2) is 6.17. The van der Waals surface area contributed by atoms with Gasteiger partial charge in [-0.25, -0.2) is 0 Å². The Labute approximate surface area is 114 Å². The molecule has 1 heterocycles. The number of anilines is 1. The van der Waals surface area contributed by atoms with Crippen molar-refractivity contribution in [1.29, 1.82) is 0 Å². The predicted molar refractivity (Wildman–Crippen MR) is 68.3 cm³/mol. The Morgan fingerprint density at radius 1 is 1.50 bits per heavy atom. The number of alkyl halides is 3. The van der Waals surface area contributed by atoms with E-state index < -0.39 is 25.2 Å². The van der Waals surface area contributed by atoms with Gasteiger partial charge in [0.1, 0.15) is 12.2 Å². The molecule has 3 N–H and O–H groups in total. The van der Waals surface area contributed by atoms with E-state index in [9.17, 15) is 18.0 Å². The SMILES string of the molecule is CC(C)n1cc(N)cc1C(=O)N(CCO)CC(F)(F)F. The molecule has 0 aromatic carbocycles. The van der Waals surface area contributed by atoms with E-state index >= 15 is 0 Å². The molecular formula is C12H18F3N3O2. The van der Waals surface area contributed by atoms with Crippen molar-refractivity contribution in [3.63, 3.8) is 0 Å². The predicted octanol–water partition coefficient (Wildman–Crippen LogP) is 1.65. The van der Waals surface area contributed by atoms with Crippen LogP contribution in [-0.4, -0.2) is 46.4 Å². The quantitative estimate of drug-likeness (QED) is 0.867. The number of aliphatic hydroxyl groups is 1. The number of aromatic nitrogens is 1. The molecule has 0 atom stereocenters. The zero-order valence-electron chi connectivity index (χ0n) is 11.3. The van der Waals surface area contributed by atoms with Gasteiger partial charge >= 0.3 is 6.18 Å². The number of aliphatic hydroxyl groups excluding tert-OH is 1. The Bertz CT molecular complexity index is 469. The summed E-state index contributed by atoms with van der Waals surface area (Å²) < 4.78 is 38.9. The van der Waals surface area contributed by atoms with Crippen LogP contribution < -0.4 is 5.73 Å². The van der Waals surface area contributed by atoms with Crippen molar-refractivity contribution < 1.29 is 23.1 Å². The summed E-state index contributed by atoms with van der Waals surface area (Å²) in [5.74, 6) is -0.804. The molecule has 0 saturated heterocycles. The first-order valence-corrected chi connectivity index (χ1v) is 6.10. The zero-order valence-corrected chi connectivity index (χ0v) is 11.3. The standard InChI is InChI=1S/C12H18F3N3O2/c1-8(2)18-6-9(16)5-10(18)11(20)17(3-4-19)7-12(13,14)15/h5-6,8,19H,3-4,7,16H2,1-2H3. The van der Waals surface area contributed by atoms with Gasteiger partial charge in [-0.2, -0.15) is 13.2 Å². The van der Waals surface area contributed by atoms with Gasteiger partial charge in [0, 0.05) is 18.8 Å². The highest BCUT2D eigenvalue weighted by molar-refractivity contribution is 5.94. The first kappa shape index (κ1) is 16.4. The van der Waals surface area contributed by atoms with Gasteiger partial charge in [0.15, 0.2) is 0 Å². The highest BCUT2D eigenvalue weighted by atomic mass is 19.4. The van der Waals surface area contributed by atoms with Crippen LogP contribution in [0.4, 0.5) is 18.9 Å². The topological polar surface area (TPSA) is 71.5 Å². The van der Waals surface area contributed by atoms with E-state index in [2.05, 4.69) is 0 Å². The second-order valence-electron chi connectivity index (χ2n) is 4.73. The van der Waals surface area contributed by atoms with Gasteiger partial charge in [-0.15, -0.1) is 0 Å². The number of nitrogen functional groups attached to an aromatic ring is 1. The minimum Gasteiger partial charge on any atom is -0.397 e. The fraction of sp³-hybridized carbons (Fsp3) is 0.583. The van der Waals surface area contributed by atoms with Crippen molar-refractivity contribution in [3.8, 4) is 0 Å². The van der Waals surface area contributed by atoms with Gasteiger partial charge in [-0.3, -0.25) is 4.79 Å². The first-order valence-electron chi connectivity index (χ1n) is 6.10. The summed E-state index contributed by atoms with van der Waals surface area (Å²) >= 11 is 0. The van der Waals surface area contributed by atoms with Gasteiger partial charge in [0.05, 0.1) is 12.3 Å². The summed E-state index contributed by atoms with van der Waals surface area (Å²) in [6, 6.07) is 1.22. The Hall–Kier alpha value is -1.70. The third-order valence-electron chi connectivity index (χ3n) is 2.67. The van der Waals surface area contributed by atoms with Crippen LogP contribution in [0, 0.1) is 0 Å². The normalized spacial score (nSPS) is 11.9. The number of carbonyl (C=O) groups is 1. The van der Waals surface area contributed by atoms with Crippen LogP contribution in [-0.2, 0) is 0 Å². The average molecular weight is 293 g/mol. The molecular weight excluding hydrogens is 275 g/mol. The lowest BCUT2D eigenvalue weighted by molar-refractivity contribution is -0.141. The average Bonchev–Trinajstić information content (AvgIpc) is 2.68. The molecule has 0 aliphatic rings. The Kier molecular flexibility index (Phi) is 5.04. The number of rotatable bonds is 5. The second-order valence-corrected chi connectivity index (χ2v) is 4.73. The maximum Gasteiger partial charge on any atom is 0.406 e. The van der Waals surface area contributed by atoms with Crippen molar-refractivity contribution in [3.05, 3.63) is 18.0 Å². The lowest BCUT2D eigenvalue weighted by Crippen LogP contribution is -2.41. The van der Waals surface area contributed by atoms with Crippen molar-refractivity contribution >= 4 is 11.6 Å². The number of carbonyl (C=O) groups excluding carboxylic acids is 1. The lowest BCUT2D eigenvalue weighted by atomic mass is 10.3. The molecule has 0 radical (unpaired) electrons. The molecule has 20 heavy (non-hydrogen) atoms. The van der Waals surface area contributed by atoms with Crippen molar-refractivity contribution in [2.75, 3.05) is 25.4 Å². The molecule has 1 aromatic heterocycles. The fourth-order valence-electron chi connectivity index (χ4n) is 1.85. The van der Waals surface area contributed by atoms with Crippen LogP contribution >= 0.6 is 0 Å². The summed E-state index contributed by atoms with van der Waals surface area (Å²) in [6.07, 6.45) is -3.02. The first-order chi connectivity index (χ1) is 9.15. The largest absolute Gasteiger partial charge is 0.406 e. The molecule has 1 amide bonds. The summed E-state index contributed by atoms with van der Waals surface area (Å²) in [5, 5.41) is 8.82. The minimum atomic E-state index is -4.52. The van der Waals surface area contributed by atoms with E-state index in [1.54, 1.807) is 13.8 Å². The summed E-state index contributed by atoms with van der Waals surface area (Å²) in [6.45, 7) is 1.24. The van der Waals surface area contributed by atoms with Crippen LogP contribution in [0.1, 0.15) is 30.4 Å². The molecule has 114 valence electrons. The molecule has 1 aromatic rings. The van der Waals surface area contributed by atoms with E-state index in [0.717, 1.165) is 0 Å². The van der Waals surface area contributed by atoms with E-state index in [-0.39, 0.29) is 18.3 Å².